The summed E-state index contributed by atoms with van der Waals surface area (Å²) < 4.78 is 11.3. The Morgan fingerprint density at radius 1 is 1.07 bits per heavy atom. The smallest absolute Gasteiger partial charge is 0.264 e. The molecule has 0 fully saturated rings. The summed E-state index contributed by atoms with van der Waals surface area (Å²) in [6.07, 6.45) is 0.976. The van der Waals surface area contributed by atoms with Gasteiger partial charge in [0.25, 0.3) is 5.91 Å². The predicted molar refractivity (Wildman–Crippen MR) is 118 cm³/mol. The number of carbonyl (C=O) groups is 1. The zero-order chi connectivity index (χ0) is 20.8. The normalized spacial score (nSPS) is 10.6. The van der Waals surface area contributed by atoms with Gasteiger partial charge in [0.05, 0.1) is 12.3 Å². The maximum absolute atomic E-state index is 12.3. The number of rotatable bonds is 8. The molecule has 0 saturated carbocycles. The monoisotopic (exact) mass is 410 g/mol. The van der Waals surface area contributed by atoms with Crippen LogP contribution in [0.1, 0.15) is 30.0 Å². The number of nitrogens with one attached hydrogen (secondary N) is 1. The van der Waals surface area contributed by atoms with Crippen molar-refractivity contribution in [1.82, 2.24) is 4.98 Å². The van der Waals surface area contributed by atoms with Crippen LogP contribution in [0.25, 0.3) is 11.3 Å². The topological polar surface area (TPSA) is 60.5 Å². The molecule has 3 rings (SSSR count). The number of amides is 1. The van der Waals surface area contributed by atoms with Gasteiger partial charge < -0.3 is 9.47 Å². The first-order valence-electron chi connectivity index (χ1n) is 9.65. The Labute approximate surface area is 175 Å². The summed E-state index contributed by atoms with van der Waals surface area (Å²) in [6.45, 7) is 8.74. The number of anilines is 1. The van der Waals surface area contributed by atoms with E-state index in [1.165, 1.54) is 16.9 Å². The molecule has 0 aliphatic carbocycles. The molecular weight excluding hydrogens is 384 g/mol. The van der Waals surface area contributed by atoms with Gasteiger partial charge >= 0.3 is 0 Å². The highest BCUT2D eigenvalue weighted by Gasteiger charge is 2.11. The number of hydrogen-bond acceptors (Lipinski definition) is 5. The van der Waals surface area contributed by atoms with Gasteiger partial charge in [0.2, 0.25) is 0 Å². The van der Waals surface area contributed by atoms with E-state index in [1.54, 1.807) is 0 Å². The van der Waals surface area contributed by atoms with Gasteiger partial charge in [0, 0.05) is 10.9 Å². The van der Waals surface area contributed by atoms with Crippen LogP contribution in [0.3, 0.4) is 0 Å². The van der Waals surface area contributed by atoms with Gasteiger partial charge in [0.1, 0.15) is 11.5 Å². The van der Waals surface area contributed by atoms with E-state index in [1.807, 2.05) is 62.5 Å². The number of thiazole rings is 1. The van der Waals surface area contributed by atoms with Crippen molar-refractivity contribution in [3.8, 4) is 22.8 Å². The molecule has 1 N–H and O–H groups in total. The van der Waals surface area contributed by atoms with Crippen LogP contribution in [-0.4, -0.2) is 24.1 Å². The molecule has 0 aliphatic heterocycles. The number of aromatic nitrogens is 1. The number of hydrogen-bond donors (Lipinski definition) is 1. The van der Waals surface area contributed by atoms with E-state index in [0.29, 0.717) is 11.7 Å². The fraction of sp³-hybridized carbons (Fsp3) is 0.304. The minimum absolute atomic E-state index is 0.0525. The molecule has 29 heavy (non-hydrogen) atoms. The zero-order valence-corrected chi connectivity index (χ0v) is 18.1. The first kappa shape index (κ1) is 20.9. The van der Waals surface area contributed by atoms with Crippen molar-refractivity contribution in [3.63, 3.8) is 0 Å². The molecule has 0 unspecified atom stereocenters. The highest BCUT2D eigenvalue weighted by atomic mass is 32.1. The summed E-state index contributed by atoms with van der Waals surface area (Å²) >= 11 is 1.39. The molecule has 3 aromatic rings. The fourth-order valence-electron chi connectivity index (χ4n) is 3.09. The van der Waals surface area contributed by atoms with E-state index < -0.39 is 0 Å². The SMILES string of the molecule is CCCOc1ccc(-c2csc(NC(=O)COc3c(C)cc(C)cc3C)n2)cc1. The van der Waals surface area contributed by atoms with Crippen LogP contribution in [0.5, 0.6) is 11.5 Å². The molecule has 1 amide bonds. The molecule has 152 valence electrons. The van der Waals surface area contributed by atoms with Gasteiger partial charge in [-0.3, -0.25) is 10.1 Å². The minimum Gasteiger partial charge on any atom is -0.494 e. The summed E-state index contributed by atoms with van der Waals surface area (Å²) in [5.41, 5.74) is 5.03. The van der Waals surface area contributed by atoms with Crippen LogP contribution in [0.4, 0.5) is 5.13 Å². The lowest BCUT2D eigenvalue weighted by Crippen LogP contribution is -2.20. The predicted octanol–water partition coefficient (Wildman–Crippen LogP) is 5.54. The number of nitrogens with zero attached hydrogens (tertiary/aromatic N) is 1. The van der Waals surface area contributed by atoms with Gasteiger partial charge in [0.15, 0.2) is 11.7 Å². The summed E-state index contributed by atoms with van der Waals surface area (Å²) in [4.78, 5) is 16.8. The van der Waals surface area contributed by atoms with Crippen LogP contribution >= 0.6 is 11.3 Å². The fourth-order valence-corrected chi connectivity index (χ4v) is 3.83. The lowest BCUT2D eigenvalue weighted by atomic mass is 10.1. The van der Waals surface area contributed by atoms with Crippen LogP contribution in [0.15, 0.2) is 41.8 Å². The van der Waals surface area contributed by atoms with Crippen molar-refractivity contribution in [2.75, 3.05) is 18.5 Å². The molecular formula is C23H26N2O3S. The van der Waals surface area contributed by atoms with Crippen LogP contribution in [-0.2, 0) is 4.79 Å². The third-order valence-electron chi connectivity index (χ3n) is 4.33. The molecule has 0 radical (unpaired) electrons. The van der Waals surface area contributed by atoms with Crippen molar-refractivity contribution in [2.45, 2.75) is 34.1 Å². The van der Waals surface area contributed by atoms with E-state index in [4.69, 9.17) is 9.47 Å². The standard InChI is InChI=1S/C23H26N2O3S/c1-5-10-27-19-8-6-18(7-9-19)20-14-29-23(24-20)25-21(26)13-28-22-16(3)11-15(2)12-17(22)4/h6-9,11-12,14H,5,10,13H2,1-4H3,(H,24,25,26). The lowest BCUT2D eigenvalue weighted by molar-refractivity contribution is -0.118. The van der Waals surface area contributed by atoms with Crippen molar-refractivity contribution >= 4 is 22.4 Å². The van der Waals surface area contributed by atoms with E-state index >= 15 is 0 Å². The quantitative estimate of drug-likeness (QED) is 0.529. The maximum Gasteiger partial charge on any atom is 0.264 e. The van der Waals surface area contributed by atoms with Gasteiger partial charge in [-0.15, -0.1) is 11.3 Å². The van der Waals surface area contributed by atoms with E-state index in [2.05, 4.69) is 17.2 Å². The largest absolute Gasteiger partial charge is 0.494 e. The van der Waals surface area contributed by atoms with Crippen molar-refractivity contribution in [3.05, 3.63) is 58.5 Å². The Kier molecular flexibility index (Phi) is 6.88. The molecule has 1 aromatic heterocycles. The molecule has 1 heterocycles. The molecule has 0 aliphatic rings. The lowest BCUT2D eigenvalue weighted by Gasteiger charge is -2.12. The van der Waals surface area contributed by atoms with Crippen LogP contribution < -0.4 is 14.8 Å². The second-order valence-corrected chi connectivity index (χ2v) is 7.83. The Morgan fingerprint density at radius 3 is 2.41 bits per heavy atom. The number of aryl methyl sites for hydroxylation is 3. The van der Waals surface area contributed by atoms with Crippen LogP contribution in [0.2, 0.25) is 0 Å². The Balaban J connectivity index is 1.58. The third-order valence-corrected chi connectivity index (χ3v) is 5.08. The number of benzene rings is 2. The summed E-state index contributed by atoms with van der Waals surface area (Å²) in [6, 6.07) is 11.9. The molecule has 0 spiro atoms. The third kappa shape index (κ3) is 5.57. The van der Waals surface area contributed by atoms with Crippen LogP contribution in [0, 0.1) is 20.8 Å². The van der Waals surface area contributed by atoms with Gasteiger partial charge in [-0.2, -0.15) is 0 Å². The summed E-state index contributed by atoms with van der Waals surface area (Å²) in [5.74, 6) is 1.38. The van der Waals surface area contributed by atoms with Crippen molar-refractivity contribution < 1.29 is 14.3 Å². The summed E-state index contributed by atoms with van der Waals surface area (Å²) in [5, 5.41) is 5.29. The maximum atomic E-state index is 12.3. The highest BCUT2D eigenvalue weighted by Crippen LogP contribution is 2.27. The van der Waals surface area contributed by atoms with Crippen molar-refractivity contribution in [2.24, 2.45) is 0 Å². The first-order valence-corrected chi connectivity index (χ1v) is 10.5. The Bertz CT molecular complexity index is 957. The molecule has 0 atom stereocenters. The van der Waals surface area contributed by atoms with E-state index in [0.717, 1.165) is 40.3 Å². The molecule has 0 bridgehead atoms. The molecule has 0 saturated heterocycles. The van der Waals surface area contributed by atoms with Crippen molar-refractivity contribution in [1.29, 1.82) is 0 Å². The Morgan fingerprint density at radius 2 is 1.76 bits per heavy atom. The van der Waals surface area contributed by atoms with E-state index in [-0.39, 0.29) is 12.5 Å². The first-order chi connectivity index (χ1) is 14.0. The Hall–Kier alpha value is -2.86. The molecule has 2 aromatic carbocycles. The highest BCUT2D eigenvalue weighted by molar-refractivity contribution is 7.14. The average molecular weight is 411 g/mol. The molecule has 5 nitrogen and oxygen atoms in total. The second-order valence-electron chi connectivity index (χ2n) is 6.98. The van der Waals surface area contributed by atoms with Gasteiger partial charge in [-0.25, -0.2) is 4.98 Å². The number of carbonyl (C=O) groups excluding carboxylic acids is 1. The van der Waals surface area contributed by atoms with Gasteiger partial charge in [-0.1, -0.05) is 24.6 Å². The number of ether oxygens (including phenoxy) is 2. The molecule has 6 heteroatoms. The van der Waals surface area contributed by atoms with E-state index in [9.17, 15) is 4.79 Å². The van der Waals surface area contributed by atoms with Gasteiger partial charge in [-0.05, 0) is 62.6 Å². The zero-order valence-electron chi connectivity index (χ0n) is 17.2. The summed E-state index contributed by atoms with van der Waals surface area (Å²) in [7, 11) is 0. The minimum atomic E-state index is -0.228. The second kappa shape index (κ2) is 9.56. The average Bonchev–Trinajstić information content (AvgIpc) is 3.14.